The number of carboxylic acid groups (broad SMARTS) is 1. The van der Waals surface area contributed by atoms with E-state index in [4.69, 9.17) is 10.7 Å². The Labute approximate surface area is 180 Å². The molecule has 0 aliphatic carbocycles. The van der Waals surface area contributed by atoms with Crippen molar-refractivity contribution in [1.29, 1.82) is 0 Å². The Morgan fingerprint density at radius 2 is 1.68 bits per heavy atom. The Hall–Kier alpha value is -1.62. The number of hydrogen-bond acceptors (Lipinski definition) is 3. The van der Waals surface area contributed by atoms with Crippen LogP contribution < -0.4 is 5.73 Å². The number of nitrogens with two attached hydrogens (primary N) is 1. The highest BCUT2D eigenvalue weighted by Crippen LogP contribution is 2.34. The highest BCUT2D eigenvalue weighted by atomic mass is 35.5. The summed E-state index contributed by atoms with van der Waals surface area (Å²) in [5.74, 6) is -0.937. The SMILES string of the molecule is CCCc1nc(CC(C)(C)C)c(CN)c(-c2ccc(C)cc2)c1C(=O)O.Cl.Cl. The number of rotatable bonds is 6. The Morgan fingerprint density at radius 1 is 1.11 bits per heavy atom. The normalized spacial score (nSPS) is 10.8. The molecule has 1 heterocycles. The minimum atomic E-state index is -0.937. The number of carboxylic acids is 1. The Kier molecular flexibility index (Phi) is 10.2. The van der Waals surface area contributed by atoms with Crippen LogP contribution in [-0.2, 0) is 19.4 Å². The van der Waals surface area contributed by atoms with Crippen LogP contribution in [0.15, 0.2) is 24.3 Å². The zero-order valence-electron chi connectivity index (χ0n) is 17.3. The lowest BCUT2D eigenvalue weighted by Crippen LogP contribution is -2.19. The molecule has 0 radical (unpaired) electrons. The average molecular weight is 427 g/mol. The van der Waals surface area contributed by atoms with Crippen molar-refractivity contribution in [2.45, 2.75) is 60.4 Å². The highest BCUT2D eigenvalue weighted by molar-refractivity contribution is 5.98. The van der Waals surface area contributed by atoms with Crippen LogP contribution in [0.25, 0.3) is 11.1 Å². The van der Waals surface area contributed by atoms with E-state index < -0.39 is 5.97 Å². The van der Waals surface area contributed by atoms with E-state index in [9.17, 15) is 9.90 Å². The largest absolute Gasteiger partial charge is 0.478 e. The first kappa shape index (κ1) is 26.4. The number of nitrogens with zero attached hydrogens (tertiary/aromatic N) is 1. The number of aromatic nitrogens is 1. The maximum absolute atomic E-state index is 12.1. The second kappa shape index (κ2) is 10.8. The number of hydrogen-bond donors (Lipinski definition) is 2. The first-order valence-corrected chi connectivity index (χ1v) is 9.23. The molecule has 0 unspecified atom stereocenters. The van der Waals surface area contributed by atoms with Gasteiger partial charge in [0.15, 0.2) is 0 Å². The van der Waals surface area contributed by atoms with Gasteiger partial charge in [-0.3, -0.25) is 4.98 Å². The summed E-state index contributed by atoms with van der Waals surface area (Å²) in [5.41, 5.74) is 11.6. The van der Waals surface area contributed by atoms with Crippen LogP contribution in [0.2, 0.25) is 0 Å². The van der Waals surface area contributed by atoms with E-state index in [1.165, 1.54) is 0 Å². The zero-order valence-corrected chi connectivity index (χ0v) is 19.0. The smallest absolute Gasteiger partial charge is 0.338 e. The summed E-state index contributed by atoms with van der Waals surface area (Å²) in [7, 11) is 0. The summed E-state index contributed by atoms with van der Waals surface area (Å²) in [6, 6.07) is 7.97. The first-order valence-electron chi connectivity index (χ1n) is 9.23. The average Bonchev–Trinajstić information content (AvgIpc) is 2.53. The lowest BCUT2D eigenvalue weighted by molar-refractivity contribution is 0.0696. The van der Waals surface area contributed by atoms with Gasteiger partial charge in [-0.15, -0.1) is 24.8 Å². The van der Waals surface area contributed by atoms with Crippen molar-refractivity contribution in [2.75, 3.05) is 0 Å². The van der Waals surface area contributed by atoms with Crippen molar-refractivity contribution in [2.24, 2.45) is 11.1 Å². The zero-order chi connectivity index (χ0) is 19.5. The molecule has 1 aromatic carbocycles. The van der Waals surface area contributed by atoms with Gasteiger partial charge in [-0.25, -0.2) is 4.79 Å². The molecule has 1 aromatic heterocycles. The number of pyridine rings is 1. The molecule has 3 N–H and O–H groups in total. The monoisotopic (exact) mass is 426 g/mol. The number of benzene rings is 1. The van der Waals surface area contributed by atoms with E-state index in [1.807, 2.05) is 38.1 Å². The molecular formula is C22H32Cl2N2O2. The second-order valence-corrected chi connectivity index (χ2v) is 8.10. The van der Waals surface area contributed by atoms with Gasteiger partial charge in [-0.05, 0) is 36.3 Å². The van der Waals surface area contributed by atoms with Crippen LogP contribution in [0.1, 0.15) is 67.0 Å². The lowest BCUT2D eigenvalue weighted by atomic mass is 9.84. The Balaban J connectivity index is 0.00000364. The summed E-state index contributed by atoms with van der Waals surface area (Å²) < 4.78 is 0. The van der Waals surface area contributed by atoms with Crippen LogP contribution in [0.3, 0.4) is 0 Å². The van der Waals surface area contributed by atoms with E-state index in [0.717, 1.165) is 40.8 Å². The van der Waals surface area contributed by atoms with Gasteiger partial charge in [0.25, 0.3) is 0 Å². The van der Waals surface area contributed by atoms with E-state index >= 15 is 0 Å². The van der Waals surface area contributed by atoms with Gasteiger partial charge < -0.3 is 10.8 Å². The summed E-state index contributed by atoms with van der Waals surface area (Å²) >= 11 is 0. The standard InChI is InChI=1S/C22H30N2O2.2ClH/c1-6-7-17-20(21(25)26)19(15-10-8-14(2)9-11-15)16(13-23)18(24-17)12-22(3,4)5;;/h8-11H,6-7,12-13,23H2,1-5H3,(H,25,26);2*1H. The van der Waals surface area contributed by atoms with Crippen molar-refractivity contribution in [3.05, 3.63) is 52.3 Å². The molecule has 2 aromatic rings. The van der Waals surface area contributed by atoms with Gasteiger partial charge in [0.1, 0.15) is 0 Å². The molecule has 0 atom stereocenters. The number of aryl methyl sites for hydroxylation is 2. The van der Waals surface area contributed by atoms with Crippen molar-refractivity contribution in [3.63, 3.8) is 0 Å². The number of aromatic carboxylic acids is 1. The van der Waals surface area contributed by atoms with Crippen LogP contribution in [0, 0.1) is 12.3 Å². The van der Waals surface area contributed by atoms with Crippen LogP contribution in [-0.4, -0.2) is 16.1 Å². The Morgan fingerprint density at radius 3 is 2.11 bits per heavy atom. The van der Waals surface area contributed by atoms with Gasteiger partial charge in [-0.2, -0.15) is 0 Å². The summed E-state index contributed by atoms with van der Waals surface area (Å²) in [6.07, 6.45) is 2.25. The summed E-state index contributed by atoms with van der Waals surface area (Å²) in [4.78, 5) is 16.9. The fourth-order valence-electron chi connectivity index (χ4n) is 3.28. The number of carbonyl (C=O) groups is 1. The van der Waals surface area contributed by atoms with Crippen LogP contribution >= 0.6 is 24.8 Å². The molecule has 0 bridgehead atoms. The highest BCUT2D eigenvalue weighted by Gasteiger charge is 2.26. The van der Waals surface area contributed by atoms with E-state index in [2.05, 4.69) is 20.8 Å². The van der Waals surface area contributed by atoms with Crippen molar-refractivity contribution in [1.82, 2.24) is 4.98 Å². The van der Waals surface area contributed by atoms with Gasteiger partial charge in [-0.1, -0.05) is 63.9 Å². The topological polar surface area (TPSA) is 76.2 Å². The fraction of sp³-hybridized carbons (Fsp3) is 0.455. The molecule has 0 spiro atoms. The molecule has 6 heteroatoms. The van der Waals surface area contributed by atoms with Crippen LogP contribution in [0.5, 0.6) is 0 Å². The van der Waals surface area contributed by atoms with E-state index in [1.54, 1.807) is 0 Å². The van der Waals surface area contributed by atoms with E-state index in [-0.39, 0.29) is 36.8 Å². The summed E-state index contributed by atoms with van der Waals surface area (Å²) in [6.45, 7) is 10.8. The lowest BCUT2D eigenvalue weighted by Gasteiger charge is -2.24. The predicted molar refractivity (Wildman–Crippen MR) is 121 cm³/mol. The fourth-order valence-corrected chi connectivity index (χ4v) is 3.28. The van der Waals surface area contributed by atoms with Gasteiger partial charge in [0, 0.05) is 17.8 Å². The van der Waals surface area contributed by atoms with Crippen molar-refractivity contribution in [3.8, 4) is 11.1 Å². The van der Waals surface area contributed by atoms with Crippen LogP contribution in [0.4, 0.5) is 0 Å². The molecule has 0 saturated carbocycles. The summed E-state index contributed by atoms with van der Waals surface area (Å²) in [5, 5.41) is 9.95. The molecule has 0 saturated heterocycles. The molecule has 4 nitrogen and oxygen atoms in total. The number of halogens is 2. The Bertz CT molecular complexity index is 798. The van der Waals surface area contributed by atoms with Crippen molar-refractivity contribution >= 4 is 30.8 Å². The quantitative estimate of drug-likeness (QED) is 0.629. The minimum absolute atomic E-state index is 0. The van der Waals surface area contributed by atoms with Crippen molar-refractivity contribution < 1.29 is 9.90 Å². The molecule has 0 amide bonds. The van der Waals surface area contributed by atoms with Gasteiger partial charge in [0.05, 0.1) is 11.3 Å². The molecule has 0 aliphatic heterocycles. The minimum Gasteiger partial charge on any atom is -0.478 e. The second-order valence-electron chi connectivity index (χ2n) is 8.10. The third kappa shape index (κ3) is 6.20. The molecule has 0 fully saturated rings. The van der Waals surface area contributed by atoms with Gasteiger partial charge >= 0.3 is 5.97 Å². The third-order valence-corrected chi connectivity index (χ3v) is 4.40. The maximum atomic E-state index is 12.1. The maximum Gasteiger partial charge on any atom is 0.338 e. The van der Waals surface area contributed by atoms with E-state index in [0.29, 0.717) is 17.7 Å². The predicted octanol–water partition coefficient (Wildman–Crippen LogP) is 5.60. The molecule has 28 heavy (non-hydrogen) atoms. The molecule has 156 valence electrons. The molecular weight excluding hydrogens is 395 g/mol. The molecule has 2 rings (SSSR count). The first-order chi connectivity index (χ1) is 12.2. The van der Waals surface area contributed by atoms with Gasteiger partial charge in [0.2, 0.25) is 0 Å². The third-order valence-electron chi connectivity index (χ3n) is 4.40. The molecule has 0 aliphatic rings.